The quantitative estimate of drug-likeness (QED) is 0.564. The van der Waals surface area contributed by atoms with E-state index in [0.29, 0.717) is 30.9 Å². The molecule has 0 saturated carbocycles. The SMILES string of the molecule is CC(=O)N[C@H](CCNC(C)(C)c1cccc(CC(C)C)c1)Cc1cc(F)cc(F)c1. The van der Waals surface area contributed by atoms with E-state index in [2.05, 4.69) is 62.6 Å². The molecule has 0 radical (unpaired) electrons. The van der Waals surface area contributed by atoms with Gasteiger partial charge in [0.2, 0.25) is 5.91 Å². The first kappa shape index (κ1) is 24.0. The summed E-state index contributed by atoms with van der Waals surface area (Å²) in [6.07, 6.45) is 2.06. The second-order valence-corrected chi connectivity index (χ2v) is 9.02. The Hall–Kier alpha value is -2.27. The van der Waals surface area contributed by atoms with E-state index in [4.69, 9.17) is 0 Å². The van der Waals surface area contributed by atoms with E-state index < -0.39 is 11.6 Å². The van der Waals surface area contributed by atoms with Gasteiger partial charge in [-0.1, -0.05) is 38.1 Å². The summed E-state index contributed by atoms with van der Waals surface area (Å²) in [5.41, 5.74) is 2.83. The average Bonchev–Trinajstić information content (AvgIpc) is 2.59. The number of carbonyl (C=O) groups excluding carboxylic acids is 1. The molecule has 2 rings (SSSR count). The van der Waals surface area contributed by atoms with Gasteiger partial charge in [0.15, 0.2) is 0 Å². The largest absolute Gasteiger partial charge is 0.353 e. The fourth-order valence-corrected chi connectivity index (χ4v) is 3.75. The van der Waals surface area contributed by atoms with Gasteiger partial charge in [-0.2, -0.15) is 0 Å². The summed E-state index contributed by atoms with van der Waals surface area (Å²) < 4.78 is 27.0. The summed E-state index contributed by atoms with van der Waals surface area (Å²) >= 11 is 0. The molecule has 0 aliphatic heterocycles. The van der Waals surface area contributed by atoms with E-state index in [1.807, 2.05) is 0 Å². The van der Waals surface area contributed by atoms with Crippen molar-refractivity contribution in [3.05, 3.63) is 70.8 Å². The number of carbonyl (C=O) groups is 1. The maximum Gasteiger partial charge on any atom is 0.217 e. The lowest BCUT2D eigenvalue weighted by atomic mass is 9.90. The van der Waals surface area contributed by atoms with Gasteiger partial charge in [0.1, 0.15) is 11.6 Å². The Bertz CT molecular complexity index is 829. The fourth-order valence-electron chi connectivity index (χ4n) is 3.75. The van der Waals surface area contributed by atoms with Gasteiger partial charge in [-0.15, -0.1) is 0 Å². The lowest BCUT2D eigenvalue weighted by Gasteiger charge is -2.29. The zero-order valence-electron chi connectivity index (χ0n) is 18.7. The Labute approximate surface area is 179 Å². The molecule has 0 aliphatic carbocycles. The van der Waals surface area contributed by atoms with Crippen LogP contribution in [0.25, 0.3) is 0 Å². The predicted molar refractivity (Wildman–Crippen MR) is 118 cm³/mol. The number of benzene rings is 2. The molecular formula is C25H34F2N2O. The molecule has 30 heavy (non-hydrogen) atoms. The Morgan fingerprint density at radius 1 is 1.00 bits per heavy atom. The monoisotopic (exact) mass is 416 g/mol. The Morgan fingerprint density at radius 3 is 2.27 bits per heavy atom. The standard InChI is InChI=1S/C25H34F2N2O/c1-17(2)11-19-7-6-8-21(12-19)25(4,5)28-10-9-24(29-18(3)30)15-20-13-22(26)16-23(27)14-20/h6-8,12-14,16-17,24,28H,9-11,15H2,1-5H3,(H,29,30)/t24-/m1/s1. The molecule has 5 heteroatoms. The lowest BCUT2D eigenvalue weighted by Crippen LogP contribution is -2.42. The molecule has 0 bridgehead atoms. The van der Waals surface area contributed by atoms with E-state index in [-0.39, 0.29) is 17.5 Å². The highest BCUT2D eigenvalue weighted by Gasteiger charge is 2.21. The molecule has 1 atom stereocenters. The maximum absolute atomic E-state index is 13.5. The smallest absolute Gasteiger partial charge is 0.217 e. The molecule has 1 amide bonds. The van der Waals surface area contributed by atoms with Gasteiger partial charge < -0.3 is 10.6 Å². The molecule has 3 nitrogen and oxygen atoms in total. The first-order chi connectivity index (χ1) is 14.0. The highest BCUT2D eigenvalue weighted by molar-refractivity contribution is 5.73. The van der Waals surface area contributed by atoms with Gasteiger partial charge in [-0.25, -0.2) is 8.78 Å². The molecule has 2 aromatic carbocycles. The zero-order valence-corrected chi connectivity index (χ0v) is 18.7. The van der Waals surface area contributed by atoms with Crippen molar-refractivity contribution < 1.29 is 13.6 Å². The van der Waals surface area contributed by atoms with Crippen molar-refractivity contribution in [1.29, 1.82) is 0 Å². The van der Waals surface area contributed by atoms with Gasteiger partial charge >= 0.3 is 0 Å². The van der Waals surface area contributed by atoms with Crippen LogP contribution in [0.5, 0.6) is 0 Å². The van der Waals surface area contributed by atoms with Crippen LogP contribution in [0.15, 0.2) is 42.5 Å². The summed E-state index contributed by atoms with van der Waals surface area (Å²) in [6.45, 7) is 10.8. The molecule has 164 valence electrons. The molecule has 0 fully saturated rings. The molecular weight excluding hydrogens is 382 g/mol. The number of hydrogen-bond acceptors (Lipinski definition) is 2. The van der Waals surface area contributed by atoms with Gasteiger partial charge in [0.05, 0.1) is 0 Å². The first-order valence-corrected chi connectivity index (χ1v) is 10.6. The summed E-state index contributed by atoms with van der Waals surface area (Å²) in [5.74, 6) is -0.765. The van der Waals surface area contributed by atoms with E-state index >= 15 is 0 Å². The molecule has 0 heterocycles. The number of nitrogens with one attached hydrogen (secondary N) is 2. The average molecular weight is 417 g/mol. The van der Waals surface area contributed by atoms with E-state index in [0.717, 1.165) is 12.5 Å². The third-order valence-corrected chi connectivity index (χ3v) is 5.16. The van der Waals surface area contributed by atoms with Crippen molar-refractivity contribution in [1.82, 2.24) is 10.6 Å². The van der Waals surface area contributed by atoms with Gasteiger partial charge in [0, 0.05) is 24.6 Å². The highest BCUT2D eigenvalue weighted by atomic mass is 19.1. The van der Waals surface area contributed by atoms with Crippen LogP contribution in [-0.2, 0) is 23.2 Å². The van der Waals surface area contributed by atoms with E-state index in [9.17, 15) is 13.6 Å². The molecule has 0 spiro atoms. The van der Waals surface area contributed by atoms with Crippen molar-refractivity contribution in [2.45, 2.75) is 65.5 Å². The molecule has 2 N–H and O–H groups in total. The minimum atomic E-state index is -0.605. The number of hydrogen-bond donors (Lipinski definition) is 2. The van der Waals surface area contributed by atoms with Crippen LogP contribution in [0.3, 0.4) is 0 Å². The van der Waals surface area contributed by atoms with Crippen LogP contribution < -0.4 is 10.6 Å². The number of amides is 1. The van der Waals surface area contributed by atoms with E-state index in [1.165, 1.54) is 30.2 Å². The lowest BCUT2D eigenvalue weighted by molar-refractivity contribution is -0.119. The van der Waals surface area contributed by atoms with Crippen LogP contribution in [-0.4, -0.2) is 18.5 Å². The Balaban J connectivity index is 2.01. The number of halogens is 2. The topological polar surface area (TPSA) is 41.1 Å². The van der Waals surface area contributed by atoms with Crippen molar-refractivity contribution in [3.63, 3.8) is 0 Å². The van der Waals surface area contributed by atoms with Crippen LogP contribution in [0.4, 0.5) is 8.78 Å². The molecule has 2 aromatic rings. The fraction of sp³-hybridized carbons (Fsp3) is 0.480. The van der Waals surface area contributed by atoms with Gasteiger partial charge in [-0.3, -0.25) is 4.79 Å². The van der Waals surface area contributed by atoms with Crippen molar-refractivity contribution in [2.24, 2.45) is 5.92 Å². The van der Waals surface area contributed by atoms with Crippen LogP contribution in [0.1, 0.15) is 57.7 Å². The first-order valence-electron chi connectivity index (χ1n) is 10.6. The van der Waals surface area contributed by atoms with Crippen LogP contribution in [0.2, 0.25) is 0 Å². The van der Waals surface area contributed by atoms with Crippen LogP contribution in [0, 0.1) is 17.6 Å². The summed E-state index contributed by atoms with van der Waals surface area (Å²) in [5, 5.41) is 6.47. The Morgan fingerprint density at radius 2 is 1.67 bits per heavy atom. The van der Waals surface area contributed by atoms with Gasteiger partial charge in [-0.05, 0) is 74.4 Å². The summed E-state index contributed by atoms with van der Waals surface area (Å²) in [7, 11) is 0. The summed E-state index contributed by atoms with van der Waals surface area (Å²) in [6, 6.07) is 11.9. The minimum Gasteiger partial charge on any atom is -0.353 e. The zero-order chi connectivity index (χ0) is 22.3. The molecule has 0 unspecified atom stereocenters. The molecule has 0 aliphatic rings. The predicted octanol–water partition coefficient (Wildman–Crippen LogP) is 5.13. The normalized spacial score (nSPS) is 12.8. The van der Waals surface area contributed by atoms with Gasteiger partial charge in [0.25, 0.3) is 0 Å². The Kier molecular flexibility index (Phi) is 8.54. The van der Waals surface area contributed by atoms with Crippen molar-refractivity contribution in [3.8, 4) is 0 Å². The third kappa shape index (κ3) is 7.86. The molecule has 0 aromatic heterocycles. The third-order valence-electron chi connectivity index (χ3n) is 5.16. The van der Waals surface area contributed by atoms with Crippen molar-refractivity contribution >= 4 is 5.91 Å². The maximum atomic E-state index is 13.5. The second-order valence-electron chi connectivity index (χ2n) is 9.02. The van der Waals surface area contributed by atoms with E-state index in [1.54, 1.807) is 0 Å². The molecule has 0 saturated heterocycles. The minimum absolute atomic E-state index is 0.155. The number of rotatable bonds is 10. The summed E-state index contributed by atoms with van der Waals surface area (Å²) in [4.78, 5) is 11.6. The highest BCUT2D eigenvalue weighted by Crippen LogP contribution is 2.22. The second kappa shape index (κ2) is 10.7. The van der Waals surface area contributed by atoms with Crippen LogP contribution >= 0.6 is 0 Å². The van der Waals surface area contributed by atoms with Crippen molar-refractivity contribution in [2.75, 3.05) is 6.54 Å².